The van der Waals surface area contributed by atoms with Gasteiger partial charge in [-0.25, -0.2) is 4.98 Å². The second kappa shape index (κ2) is 7.40. The number of H-pyrrole nitrogens is 1. The molecule has 0 bridgehead atoms. The number of hydrogen-bond acceptors (Lipinski definition) is 4. The highest BCUT2D eigenvalue weighted by Gasteiger charge is 2.05. The van der Waals surface area contributed by atoms with E-state index in [1.165, 1.54) is 6.33 Å². The first-order valence-corrected chi connectivity index (χ1v) is 6.50. The molecule has 0 unspecified atom stereocenters. The molecule has 0 atom stereocenters. The molecule has 1 heterocycles. The Bertz CT molecular complexity index is 540. The largest absolute Gasteiger partial charge is 0.380 e. The normalized spacial score (nSPS) is 10.4. The van der Waals surface area contributed by atoms with Gasteiger partial charge in [0.1, 0.15) is 12.2 Å². The fraction of sp³-hybridized carbons (Fsp3) is 0.357. The lowest BCUT2D eigenvalue weighted by Crippen LogP contribution is -2.24. The zero-order valence-electron chi connectivity index (χ0n) is 11.4. The second-order valence-corrected chi connectivity index (χ2v) is 4.43. The number of nitrogens with one attached hydrogen (secondary N) is 2. The van der Waals surface area contributed by atoms with Crippen LogP contribution in [0.25, 0.3) is 0 Å². The first-order chi connectivity index (χ1) is 9.79. The average Bonchev–Trinajstić information content (AvgIpc) is 2.97. The molecule has 0 saturated carbocycles. The van der Waals surface area contributed by atoms with E-state index in [1.807, 2.05) is 18.2 Å². The number of methoxy groups -OCH3 is 1. The maximum Gasteiger partial charge on any atom is 0.251 e. The van der Waals surface area contributed by atoms with E-state index < -0.39 is 0 Å². The highest BCUT2D eigenvalue weighted by molar-refractivity contribution is 5.94. The molecule has 6 heteroatoms. The van der Waals surface area contributed by atoms with Crippen molar-refractivity contribution in [3.63, 3.8) is 0 Å². The summed E-state index contributed by atoms with van der Waals surface area (Å²) < 4.78 is 5.05. The van der Waals surface area contributed by atoms with Gasteiger partial charge < -0.3 is 10.1 Å². The van der Waals surface area contributed by atoms with Gasteiger partial charge in [0.05, 0.1) is 6.61 Å². The third kappa shape index (κ3) is 4.17. The van der Waals surface area contributed by atoms with Gasteiger partial charge in [0.15, 0.2) is 0 Å². The molecule has 106 valence electrons. The number of hydrogen-bond donors (Lipinski definition) is 2. The molecule has 2 rings (SSSR count). The van der Waals surface area contributed by atoms with Crippen molar-refractivity contribution in [1.29, 1.82) is 0 Å². The topological polar surface area (TPSA) is 79.9 Å². The highest BCUT2D eigenvalue weighted by atomic mass is 16.5. The van der Waals surface area contributed by atoms with Crippen molar-refractivity contribution in [2.75, 3.05) is 13.7 Å². The van der Waals surface area contributed by atoms with Gasteiger partial charge in [0.25, 0.3) is 5.91 Å². The van der Waals surface area contributed by atoms with Crippen LogP contribution in [-0.4, -0.2) is 34.7 Å². The summed E-state index contributed by atoms with van der Waals surface area (Å²) >= 11 is 0. The van der Waals surface area contributed by atoms with E-state index >= 15 is 0 Å². The maximum absolute atomic E-state index is 12.0. The van der Waals surface area contributed by atoms with Crippen molar-refractivity contribution in [3.05, 3.63) is 47.5 Å². The molecule has 0 spiro atoms. The zero-order chi connectivity index (χ0) is 14.2. The number of aryl methyl sites for hydroxylation is 1. The maximum atomic E-state index is 12.0. The van der Waals surface area contributed by atoms with Gasteiger partial charge in [-0.2, -0.15) is 5.10 Å². The third-order valence-electron chi connectivity index (χ3n) is 2.84. The molecule has 6 nitrogen and oxygen atoms in total. The standard InChI is InChI=1S/C14H18N4O2/c1-20-9-11-4-2-5-12(8-11)14(19)15-7-3-6-13-16-10-17-18-13/h2,4-5,8,10H,3,6-7,9H2,1H3,(H,15,19)(H,16,17,18). The van der Waals surface area contributed by atoms with Crippen LogP contribution in [0.3, 0.4) is 0 Å². The lowest BCUT2D eigenvalue weighted by Gasteiger charge is -2.06. The minimum atomic E-state index is -0.0690. The third-order valence-corrected chi connectivity index (χ3v) is 2.84. The van der Waals surface area contributed by atoms with Gasteiger partial charge in [-0.15, -0.1) is 0 Å². The Morgan fingerprint density at radius 2 is 2.35 bits per heavy atom. The molecule has 0 saturated heterocycles. The summed E-state index contributed by atoms with van der Waals surface area (Å²) in [4.78, 5) is 16.0. The molecule has 1 amide bonds. The molecule has 0 aliphatic heterocycles. The smallest absolute Gasteiger partial charge is 0.251 e. The number of aromatic nitrogens is 3. The number of benzene rings is 1. The Kier molecular flexibility index (Phi) is 5.25. The lowest BCUT2D eigenvalue weighted by molar-refractivity contribution is 0.0953. The Hall–Kier alpha value is -2.21. The Balaban J connectivity index is 1.78. The van der Waals surface area contributed by atoms with Crippen molar-refractivity contribution in [2.24, 2.45) is 0 Å². The molecule has 0 radical (unpaired) electrons. The molecule has 0 aliphatic rings. The number of aromatic amines is 1. The Morgan fingerprint density at radius 3 is 3.10 bits per heavy atom. The van der Waals surface area contributed by atoms with Crippen molar-refractivity contribution in [1.82, 2.24) is 20.5 Å². The molecule has 0 aliphatic carbocycles. The summed E-state index contributed by atoms with van der Waals surface area (Å²) in [6.07, 6.45) is 3.07. The number of carbonyl (C=O) groups is 1. The van der Waals surface area contributed by atoms with Crippen LogP contribution < -0.4 is 5.32 Å². The first kappa shape index (κ1) is 14.2. The molecule has 0 fully saturated rings. The molecule has 2 aromatic rings. The summed E-state index contributed by atoms with van der Waals surface area (Å²) in [5.74, 6) is 0.766. The Morgan fingerprint density at radius 1 is 1.45 bits per heavy atom. The van der Waals surface area contributed by atoms with E-state index in [0.717, 1.165) is 24.2 Å². The van der Waals surface area contributed by atoms with E-state index in [1.54, 1.807) is 13.2 Å². The van der Waals surface area contributed by atoms with Crippen LogP contribution in [0.15, 0.2) is 30.6 Å². The van der Waals surface area contributed by atoms with Crippen LogP contribution in [-0.2, 0) is 17.8 Å². The summed E-state index contributed by atoms with van der Waals surface area (Å²) in [5, 5.41) is 9.46. The molecular formula is C14H18N4O2. The predicted molar refractivity (Wildman–Crippen MR) is 74.2 cm³/mol. The summed E-state index contributed by atoms with van der Waals surface area (Å²) in [7, 11) is 1.64. The van der Waals surface area contributed by atoms with E-state index in [0.29, 0.717) is 18.7 Å². The van der Waals surface area contributed by atoms with Gasteiger partial charge in [0.2, 0.25) is 0 Å². The highest BCUT2D eigenvalue weighted by Crippen LogP contribution is 2.06. The van der Waals surface area contributed by atoms with Crippen molar-refractivity contribution >= 4 is 5.91 Å². The molecule has 20 heavy (non-hydrogen) atoms. The number of nitrogens with zero attached hydrogens (tertiary/aromatic N) is 2. The van der Waals surface area contributed by atoms with Crippen LogP contribution in [0.4, 0.5) is 0 Å². The number of rotatable bonds is 7. The molecule has 1 aromatic heterocycles. The Labute approximate surface area is 117 Å². The van der Waals surface area contributed by atoms with Crippen LogP contribution in [0.1, 0.15) is 28.2 Å². The van der Waals surface area contributed by atoms with Crippen LogP contribution in [0, 0.1) is 0 Å². The van der Waals surface area contributed by atoms with E-state index in [4.69, 9.17) is 4.74 Å². The average molecular weight is 274 g/mol. The van der Waals surface area contributed by atoms with Crippen molar-refractivity contribution in [2.45, 2.75) is 19.4 Å². The second-order valence-electron chi connectivity index (χ2n) is 4.43. The van der Waals surface area contributed by atoms with Crippen molar-refractivity contribution in [3.8, 4) is 0 Å². The van der Waals surface area contributed by atoms with Gasteiger partial charge in [-0.05, 0) is 24.1 Å². The van der Waals surface area contributed by atoms with Gasteiger partial charge >= 0.3 is 0 Å². The van der Waals surface area contributed by atoms with E-state index in [2.05, 4.69) is 20.5 Å². The quantitative estimate of drug-likeness (QED) is 0.746. The van der Waals surface area contributed by atoms with E-state index in [-0.39, 0.29) is 5.91 Å². The van der Waals surface area contributed by atoms with Crippen LogP contribution in [0.5, 0.6) is 0 Å². The molecule has 2 N–H and O–H groups in total. The summed E-state index contributed by atoms with van der Waals surface area (Å²) in [6.45, 7) is 1.11. The van der Waals surface area contributed by atoms with Crippen LogP contribution >= 0.6 is 0 Å². The minimum absolute atomic E-state index is 0.0690. The number of ether oxygens (including phenoxy) is 1. The lowest BCUT2D eigenvalue weighted by atomic mass is 10.1. The predicted octanol–water partition coefficient (Wildman–Crippen LogP) is 1.31. The first-order valence-electron chi connectivity index (χ1n) is 6.50. The minimum Gasteiger partial charge on any atom is -0.380 e. The van der Waals surface area contributed by atoms with Crippen LogP contribution in [0.2, 0.25) is 0 Å². The molecule has 1 aromatic carbocycles. The zero-order valence-corrected chi connectivity index (χ0v) is 11.4. The summed E-state index contributed by atoms with van der Waals surface area (Å²) in [6, 6.07) is 7.43. The fourth-order valence-corrected chi connectivity index (χ4v) is 1.88. The monoisotopic (exact) mass is 274 g/mol. The van der Waals surface area contributed by atoms with Gasteiger partial charge in [0, 0.05) is 25.6 Å². The number of carbonyl (C=O) groups excluding carboxylic acids is 1. The van der Waals surface area contributed by atoms with Crippen molar-refractivity contribution < 1.29 is 9.53 Å². The SMILES string of the molecule is COCc1cccc(C(=O)NCCCc2ncn[nH]2)c1. The van der Waals surface area contributed by atoms with Gasteiger partial charge in [-0.1, -0.05) is 12.1 Å². The number of amides is 1. The fourth-order valence-electron chi connectivity index (χ4n) is 1.88. The summed E-state index contributed by atoms with van der Waals surface area (Å²) in [5.41, 5.74) is 1.64. The molecular weight excluding hydrogens is 256 g/mol. The van der Waals surface area contributed by atoms with E-state index in [9.17, 15) is 4.79 Å². The van der Waals surface area contributed by atoms with Gasteiger partial charge in [-0.3, -0.25) is 9.89 Å².